The minimum absolute atomic E-state index is 0.0135. The maximum atomic E-state index is 13.9. The van der Waals surface area contributed by atoms with Gasteiger partial charge in [-0.3, -0.25) is 13.9 Å². The third kappa shape index (κ3) is 7.52. The van der Waals surface area contributed by atoms with Crippen molar-refractivity contribution in [2.24, 2.45) is 0 Å². The molecule has 10 heteroatoms. The Balaban J connectivity index is 2.03. The summed E-state index contributed by atoms with van der Waals surface area (Å²) in [6.07, 6.45) is 0.720. The Hall–Kier alpha value is -3.56. The third-order valence-corrected chi connectivity index (χ3v) is 8.48. The van der Waals surface area contributed by atoms with Crippen LogP contribution in [0, 0.1) is 0 Å². The lowest BCUT2D eigenvalue weighted by molar-refractivity contribution is -0.139. The Labute approximate surface area is 235 Å². The fraction of sp³-hybridized carbons (Fsp3) is 0.310. The molecule has 2 amide bonds. The van der Waals surface area contributed by atoms with E-state index in [4.69, 9.17) is 16.3 Å². The van der Waals surface area contributed by atoms with E-state index in [-0.39, 0.29) is 34.1 Å². The van der Waals surface area contributed by atoms with Crippen LogP contribution in [-0.4, -0.2) is 50.9 Å². The molecule has 0 aliphatic carbocycles. The number of carbonyl (C=O) groups excluding carboxylic acids is 2. The van der Waals surface area contributed by atoms with Gasteiger partial charge in [-0.25, -0.2) is 8.42 Å². The number of nitrogens with zero attached hydrogens (tertiary/aromatic N) is 2. The van der Waals surface area contributed by atoms with Crippen molar-refractivity contribution in [1.29, 1.82) is 0 Å². The summed E-state index contributed by atoms with van der Waals surface area (Å²) in [5.74, 6) is -0.305. The van der Waals surface area contributed by atoms with Crippen molar-refractivity contribution in [1.82, 2.24) is 10.2 Å². The van der Waals surface area contributed by atoms with Gasteiger partial charge in [0.2, 0.25) is 11.8 Å². The molecule has 0 fully saturated rings. The van der Waals surface area contributed by atoms with Crippen LogP contribution in [0.2, 0.25) is 5.02 Å². The second-order valence-electron chi connectivity index (χ2n) is 9.14. The molecule has 0 heterocycles. The third-order valence-electron chi connectivity index (χ3n) is 6.39. The summed E-state index contributed by atoms with van der Waals surface area (Å²) in [5, 5.41) is 3.09. The fourth-order valence-electron chi connectivity index (χ4n) is 3.90. The van der Waals surface area contributed by atoms with Crippen molar-refractivity contribution in [3.05, 3.63) is 89.4 Å². The molecule has 0 saturated heterocycles. The van der Waals surface area contributed by atoms with Gasteiger partial charge in [0.1, 0.15) is 18.3 Å². The molecule has 1 N–H and O–H groups in total. The standard InChI is InChI=1S/C29H34ClN3O5S/c1-5-21(2)31-29(35)22(3)32(19-23-12-11-13-24(18-23)38-4)28(34)20-33(27-17-10-9-16-26(27)30)39(36,37)25-14-7-6-8-15-25/h6-18,21-22H,5,19-20H2,1-4H3,(H,31,35)/t21-,22+/m1/s1. The Morgan fingerprint density at radius 3 is 2.28 bits per heavy atom. The van der Waals surface area contributed by atoms with Gasteiger partial charge in [0, 0.05) is 12.6 Å². The fourth-order valence-corrected chi connectivity index (χ4v) is 5.64. The number of ether oxygens (including phenoxy) is 1. The van der Waals surface area contributed by atoms with Crippen LogP contribution in [0.3, 0.4) is 0 Å². The molecule has 39 heavy (non-hydrogen) atoms. The number of methoxy groups -OCH3 is 1. The SMILES string of the molecule is CC[C@@H](C)NC(=O)[C@H](C)N(Cc1cccc(OC)c1)C(=O)CN(c1ccccc1Cl)S(=O)(=O)c1ccccc1. The maximum Gasteiger partial charge on any atom is 0.264 e. The van der Waals surface area contributed by atoms with E-state index in [0.717, 1.165) is 16.3 Å². The average Bonchev–Trinajstić information content (AvgIpc) is 2.95. The summed E-state index contributed by atoms with van der Waals surface area (Å²) in [6.45, 7) is 4.95. The highest BCUT2D eigenvalue weighted by Gasteiger charge is 2.33. The van der Waals surface area contributed by atoms with Crippen LogP contribution in [0.4, 0.5) is 5.69 Å². The van der Waals surface area contributed by atoms with Crippen LogP contribution in [-0.2, 0) is 26.2 Å². The molecular formula is C29H34ClN3O5S. The Bertz CT molecular complexity index is 1380. The number of carbonyl (C=O) groups is 2. The van der Waals surface area contributed by atoms with Gasteiger partial charge in [0.15, 0.2) is 0 Å². The van der Waals surface area contributed by atoms with E-state index in [1.807, 2.05) is 19.9 Å². The number of nitrogens with one attached hydrogen (secondary N) is 1. The van der Waals surface area contributed by atoms with Crippen LogP contribution in [0.15, 0.2) is 83.8 Å². The van der Waals surface area contributed by atoms with E-state index in [1.54, 1.807) is 74.7 Å². The Kier molecular flexibility index (Phi) is 10.4. The van der Waals surface area contributed by atoms with Crippen molar-refractivity contribution in [2.75, 3.05) is 18.0 Å². The molecule has 2 atom stereocenters. The molecule has 0 spiro atoms. The number of anilines is 1. The van der Waals surface area contributed by atoms with Gasteiger partial charge in [-0.1, -0.05) is 61.0 Å². The van der Waals surface area contributed by atoms with Gasteiger partial charge in [-0.15, -0.1) is 0 Å². The molecule has 0 bridgehead atoms. The van der Waals surface area contributed by atoms with E-state index in [1.165, 1.54) is 17.0 Å². The van der Waals surface area contributed by atoms with Crippen molar-refractivity contribution in [3.63, 3.8) is 0 Å². The van der Waals surface area contributed by atoms with Gasteiger partial charge in [0.25, 0.3) is 10.0 Å². The van der Waals surface area contributed by atoms with E-state index in [9.17, 15) is 18.0 Å². The Morgan fingerprint density at radius 1 is 0.974 bits per heavy atom. The lowest BCUT2D eigenvalue weighted by Gasteiger charge is -2.32. The van der Waals surface area contributed by atoms with Crippen molar-refractivity contribution < 1.29 is 22.7 Å². The molecule has 0 saturated carbocycles. The monoisotopic (exact) mass is 571 g/mol. The zero-order valence-electron chi connectivity index (χ0n) is 22.5. The van der Waals surface area contributed by atoms with E-state index in [0.29, 0.717) is 5.75 Å². The van der Waals surface area contributed by atoms with Crippen LogP contribution >= 0.6 is 11.6 Å². The number of sulfonamides is 1. The lowest BCUT2D eigenvalue weighted by Crippen LogP contribution is -2.52. The van der Waals surface area contributed by atoms with Crippen molar-refractivity contribution in [3.8, 4) is 5.75 Å². The maximum absolute atomic E-state index is 13.9. The molecule has 0 aliphatic rings. The first-order valence-corrected chi connectivity index (χ1v) is 14.4. The predicted molar refractivity (Wildman–Crippen MR) is 153 cm³/mol. The molecule has 3 aromatic rings. The highest BCUT2D eigenvalue weighted by molar-refractivity contribution is 7.92. The minimum Gasteiger partial charge on any atom is -0.497 e. The highest BCUT2D eigenvalue weighted by Crippen LogP contribution is 2.30. The number of rotatable bonds is 12. The van der Waals surface area contributed by atoms with Crippen LogP contribution in [0.1, 0.15) is 32.8 Å². The summed E-state index contributed by atoms with van der Waals surface area (Å²) in [7, 11) is -2.63. The predicted octanol–water partition coefficient (Wildman–Crippen LogP) is 4.88. The molecule has 0 aliphatic heterocycles. The number of hydrogen-bond acceptors (Lipinski definition) is 5. The molecular weight excluding hydrogens is 538 g/mol. The first kappa shape index (κ1) is 30.0. The molecule has 8 nitrogen and oxygen atoms in total. The second-order valence-corrected chi connectivity index (χ2v) is 11.4. The van der Waals surface area contributed by atoms with Crippen LogP contribution in [0.5, 0.6) is 5.75 Å². The molecule has 3 rings (SSSR count). The smallest absolute Gasteiger partial charge is 0.264 e. The summed E-state index contributed by atoms with van der Waals surface area (Å²) in [5.41, 5.74) is 0.885. The highest BCUT2D eigenvalue weighted by atomic mass is 35.5. The molecule has 0 aromatic heterocycles. The summed E-state index contributed by atoms with van der Waals surface area (Å²) in [4.78, 5) is 28.4. The summed E-state index contributed by atoms with van der Waals surface area (Å²) in [6, 6.07) is 20.4. The van der Waals surface area contributed by atoms with E-state index >= 15 is 0 Å². The first-order valence-electron chi connectivity index (χ1n) is 12.6. The molecule has 0 unspecified atom stereocenters. The van der Waals surface area contributed by atoms with Gasteiger partial charge < -0.3 is 15.0 Å². The summed E-state index contributed by atoms with van der Waals surface area (Å²) >= 11 is 6.42. The van der Waals surface area contributed by atoms with Crippen LogP contribution in [0.25, 0.3) is 0 Å². The van der Waals surface area contributed by atoms with Crippen LogP contribution < -0.4 is 14.4 Å². The Morgan fingerprint density at radius 2 is 1.64 bits per heavy atom. The van der Waals surface area contributed by atoms with E-state index in [2.05, 4.69) is 5.32 Å². The lowest BCUT2D eigenvalue weighted by atomic mass is 10.1. The molecule has 208 valence electrons. The normalized spacial score (nSPS) is 12.7. The second kappa shape index (κ2) is 13.5. The number of hydrogen-bond donors (Lipinski definition) is 1. The molecule has 0 radical (unpaired) electrons. The minimum atomic E-state index is -4.18. The largest absolute Gasteiger partial charge is 0.497 e. The number of amides is 2. The first-order chi connectivity index (χ1) is 18.6. The average molecular weight is 572 g/mol. The van der Waals surface area contributed by atoms with E-state index < -0.39 is 28.5 Å². The number of benzene rings is 3. The van der Waals surface area contributed by atoms with Gasteiger partial charge in [0.05, 0.1) is 22.7 Å². The van der Waals surface area contributed by atoms with Gasteiger partial charge in [-0.05, 0) is 62.2 Å². The van der Waals surface area contributed by atoms with Crippen molar-refractivity contribution >= 4 is 39.1 Å². The summed E-state index contributed by atoms with van der Waals surface area (Å²) < 4.78 is 33.9. The quantitative estimate of drug-likeness (QED) is 0.334. The number of halogens is 1. The van der Waals surface area contributed by atoms with Gasteiger partial charge >= 0.3 is 0 Å². The topological polar surface area (TPSA) is 96.0 Å². The van der Waals surface area contributed by atoms with Crippen molar-refractivity contribution in [2.45, 2.75) is 50.7 Å². The zero-order chi connectivity index (χ0) is 28.6. The molecule has 3 aromatic carbocycles. The zero-order valence-corrected chi connectivity index (χ0v) is 24.1. The number of para-hydroxylation sites is 1. The van der Waals surface area contributed by atoms with Gasteiger partial charge in [-0.2, -0.15) is 0 Å².